The highest BCUT2D eigenvalue weighted by atomic mass is 16.2. The summed E-state index contributed by atoms with van der Waals surface area (Å²) in [5.41, 5.74) is 1.15. The fraction of sp³-hybridized carbons (Fsp3) is 0.533. The van der Waals surface area contributed by atoms with E-state index in [4.69, 9.17) is 5.11 Å². The predicted molar refractivity (Wildman–Crippen MR) is 76.8 cm³/mol. The monoisotopic (exact) mass is 264 g/mol. The molecule has 3 N–H and O–H groups in total. The summed E-state index contributed by atoms with van der Waals surface area (Å²) in [6.45, 7) is 4.35. The maximum atomic E-state index is 11.6. The minimum atomic E-state index is -0.0000652. The summed E-state index contributed by atoms with van der Waals surface area (Å²) in [6.07, 6.45) is 1.54. The van der Waals surface area contributed by atoms with E-state index in [0.29, 0.717) is 6.54 Å². The molecule has 0 saturated carbocycles. The van der Waals surface area contributed by atoms with Crippen LogP contribution in [0.3, 0.4) is 0 Å². The van der Waals surface area contributed by atoms with E-state index in [1.807, 2.05) is 44.2 Å². The summed E-state index contributed by atoms with van der Waals surface area (Å²) >= 11 is 0. The molecule has 0 saturated heterocycles. The number of rotatable bonds is 8. The molecule has 19 heavy (non-hydrogen) atoms. The molecule has 0 radical (unpaired) electrons. The van der Waals surface area contributed by atoms with E-state index < -0.39 is 0 Å². The first kappa shape index (κ1) is 15.7. The molecule has 0 heterocycles. The van der Waals surface area contributed by atoms with E-state index in [1.54, 1.807) is 0 Å². The standard InChI is InChI=1S/C15H24N2O2/c1-12(2)17-15(19)11-16-14(9-6-10-18)13-7-4-3-5-8-13/h3-5,7-8,12,14,16,18H,6,9-11H2,1-2H3,(H,17,19). The van der Waals surface area contributed by atoms with Gasteiger partial charge in [-0.1, -0.05) is 30.3 Å². The Labute approximate surface area is 115 Å². The van der Waals surface area contributed by atoms with Crippen molar-refractivity contribution < 1.29 is 9.90 Å². The zero-order valence-corrected chi connectivity index (χ0v) is 11.7. The number of benzene rings is 1. The molecule has 0 aliphatic carbocycles. The molecule has 1 atom stereocenters. The van der Waals surface area contributed by atoms with Gasteiger partial charge in [-0.2, -0.15) is 0 Å². The molecule has 1 unspecified atom stereocenters. The number of nitrogens with one attached hydrogen (secondary N) is 2. The van der Waals surface area contributed by atoms with Gasteiger partial charge in [0.25, 0.3) is 0 Å². The average molecular weight is 264 g/mol. The maximum Gasteiger partial charge on any atom is 0.234 e. The second-order valence-electron chi connectivity index (χ2n) is 4.93. The zero-order valence-electron chi connectivity index (χ0n) is 11.7. The lowest BCUT2D eigenvalue weighted by atomic mass is 10.0. The Bertz CT molecular complexity index is 366. The highest BCUT2D eigenvalue weighted by Crippen LogP contribution is 2.17. The smallest absolute Gasteiger partial charge is 0.234 e. The molecule has 4 heteroatoms. The van der Waals surface area contributed by atoms with Crippen LogP contribution >= 0.6 is 0 Å². The average Bonchev–Trinajstić information content (AvgIpc) is 2.39. The van der Waals surface area contributed by atoms with Gasteiger partial charge in [-0.25, -0.2) is 0 Å². The van der Waals surface area contributed by atoms with E-state index in [0.717, 1.165) is 18.4 Å². The van der Waals surface area contributed by atoms with Crippen molar-refractivity contribution in [1.29, 1.82) is 0 Å². The summed E-state index contributed by atoms with van der Waals surface area (Å²) < 4.78 is 0. The number of hydrogen-bond donors (Lipinski definition) is 3. The largest absolute Gasteiger partial charge is 0.396 e. The molecule has 0 aliphatic rings. The van der Waals surface area contributed by atoms with Crippen LogP contribution in [0.1, 0.15) is 38.3 Å². The van der Waals surface area contributed by atoms with Crippen molar-refractivity contribution in [1.82, 2.24) is 10.6 Å². The summed E-state index contributed by atoms with van der Waals surface area (Å²) in [5, 5.41) is 15.1. The van der Waals surface area contributed by atoms with Crippen molar-refractivity contribution in [3.05, 3.63) is 35.9 Å². The number of aliphatic hydroxyl groups excluding tert-OH is 1. The van der Waals surface area contributed by atoms with Crippen LogP contribution < -0.4 is 10.6 Å². The first-order valence-electron chi connectivity index (χ1n) is 6.82. The normalized spacial score (nSPS) is 12.4. The highest BCUT2D eigenvalue weighted by molar-refractivity contribution is 5.78. The Morgan fingerprint density at radius 1 is 1.26 bits per heavy atom. The van der Waals surface area contributed by atoms with Crippen molar-refractivity contribution in [2.24, 2.45) is 0 Å². The molecule has 1 aromatic carbocycles. The molecular formula is C15H24N2O2. The third-order valence-electron chi connectivity index (χ3n) is 2.81. The van der Waals surface area contributed by atoms with E-state index in [-0.39, 0.29) is 24.6 Å². The maximum absolute atomic E-state index is 11.6. The van der Waals surface area contributed by atoms with Gasteiger partial charge in [0.05, 0.1) is 6.54 Å². The molecule has 1 rings (SSSR count). The Morgan fingerprint density at radius 2 is 1.95 bits per heavy atom. The first-order chi connectivity index (χ1) is 9.13. The Hall–Kier alpha value is -1.39. The molecule has 4 nitrogen and oxygen atoms in total. The van der Waals surface area contributed by atoms with Crippen LogP contribution in [0, 0.1) is 0 Å². The minimum absolute atomic E-state index is 0.0000652. The van der Waals surface area contributed by atoms with Crippen LogP contribution in [0.4, 0.5) is 0 Å². The zero-order chi connectivity index (χ0) is 14.1. The lowest BCUT2D eigenvalue weighted by Gasteiger charge is -2.19. The van der Waals surface area contributed by atoms with E-state index in [9.17, 15) is 4.79 Å². The summed E-state index contributed by atoms with van der Waals surface area (Å²) in [7, 11) is 0. The van der Waals surface area contributed by atoms with Gasteiger partial charge in [0.2, 0.25) is 5.91 Å². The molecule has 0 fully saturated rings. The molecule has 0 aliphatic heterocycles. The van der Waals surface area contributed by atoms with E-state index >= 15 is 0 Å². The van der Waals surface area contributed by atoms with Crippen molar-refractivity contribution in [2.45, 2.75) is 38.8 Å². The molecular weight excluding hydrogens is 240 g/mol. The van der Waals surface area contributed by atoms with Gasteiger partial charge in [0, 0.05) is 18.7 Å². The molecule has 106 valence electrons. The molecule has 1 aromatic rings. The van der Waals surface area contributed by atoms with Crippen molar-refractivity contribution in [3.63, 3.8) is 0 Å². The van der Waals surface area contributed by atoms with Crippen molar-refractivity contribution in [3.8, 4) is 0 Å². The van der Waals surface area contributed by atoms with Gasteiger partial charge in [-0.3, -0.25) is 4.79 Å². The Kier molecular flexibility index (Phi) is 7.15. The second-order valence-corrected chi connectivity index (χ2v) is 4.93. The Balaban J connectivity index is 2.53. The predicted octanol–water partition coefficient (Wildman–Crippen LogP) is 1.61. The van der Waals surface area contributed by atoms with E-state index in [2.05, 4.69) is 10.6 Å². The van der Waals surface area contributed by atoms with Crippen molar-refractivity contribution in [2.75, 3.05) is 13.2 Å². The minimum Gasteiger partial charge on any atom is -0.396 e. The van der Waals surface area contributed by atoms with Crippen LogP contribution in [0.5, 0.6) is 0 Å². The third-order valence-corrected chi connectivity index (χ3v) is 2.81. The third kappa shape index (κ3) is 6.36. The SMILES string of the molecule is CC(C)NC(=O)CNC(CCCO)c1ccccc1. The fourth-order valence-corrected chi connectivity index (χ4v) is 1.96. The summed E-state index contributed by atoms with van der Waals surface area (Å²) in [5.74, 6) is -0.0000652. The van der Waals surface area contributed by atoms with Gasteiger partial charge in [-0.15, -0.1) is 0 Å². The number of amides is 1. The second kappa shape index (κ2) is 8.67. The highest BCUT2D eigenvalue weighted by Gasteiger charge is 2.12. The molecule has 1 amide bonds. The lowest BCUT2D eigenvalue weighted by molar-refractivity contribution is -0.120. The lowest BCUT2D eigenvalue weighted by Crippen LogP contribution is -2.39. The van der Waals surface area contributed by atoms with Crippen LogP contribution in [-0.2, 0) is 4.79 Å². The van der Waals surface area contributed by atoms with Gasteiger partial charge < -0.3 is 15.7 Å². The molecule has 0 aromatic heterocycles. The Morgan fingerprint density at radius 3 is 2.53 bits per heavy atom. The first-order valence-corrected chi connectivity index (χ1v) is 6.82. The van der Waals surface area contributed by atoms with Crippen LogP contribution in [0.25, 0.3) is 0 Å². The fourth-order valence-electron chi connectivity index (χ4n) is 1.96. The van der Waals surface area contributed by atoms with E-state index in [1.165, 1.54) is 0 Å². The molecule has 0 spiro atoms. The van der Waals surface area contributed by atoms with Gasteiger partial charge >= 0.3 is 0 Å². The number of carbonyl (C=O) groups is 1. The number of hydrogen-bond acceptors (Lipinski definition) is 3. The topological polar surface area (TPSA) is 61.4 Å². The van der Waals surface area contributed by atoms with Gasteiger partial charge in [0.15, 0.2) is 0 Å². The van der Waals surface area contributed by atoms with Gasteiger partial charge in [0.1, 0.15) is 0 Å². The van der Waals surface area contributed by atoms with Crippen LogP contribution in [0.15, 0.2) is 30.3 Å². The summed E-state index contributed by atoms with van der Waals surface area (Å²) in [6, 6.07) is 10.3. The van der Waals surface area contributed by atoms with Gasteiger partial charge in [-0.05, 0) is 32.3 Å². The van der Waals surface area contributed by atoms with Crippen LogP contribution in [0.2, 0.25) is 0 Å². The quantitative estimate of drug-likeness (QED) is 0.668. The number of carbonyl (C=O) groups excluding carboxylic acids is 1. The number of aliphatic hydroxyl groups is 1. The van der Waals surface area contributed by atoms with Crippen molar-refractivity contribution >= 4 is 5.91 Å². The summed E-state index contributed by atoms with van der Waals surface area (Å²) in [4.78, 5) is 11.6. The molecule has 0 bridgehead atoms. The van der Waals surface area contributed by atoms with Crippen LogP contribution in [-0.4, -0.2) is 30.2 Å².